The first kappa shape index (κ1) is 13.3. The van der Waals surface area contributed by atoms with Crippen molar-refractivity contribution in [1.82, 2.24) is 15.5 Å². The van der Waals surface area contributed by atoms with Crippen LogP contribution in [-0.2, 0) is 9.59 Å². The van der Waals surface area contributed by atoms with Gasteiger partial charge in [-0.15, -0.1) is 0 Å². The van der Waals surface area contributed by atoms with Crippen molar-refractivity contribution in [3.8, 4) is 0 Å². The normalized spacial score (nSPS) is 19.7. The second kappa shape index (κ2) is 6.73. The maximum Gasteiger partial charge on any atom is 0.233 e. The highest BCUT2D eigenvalue weighted by Gasteiger charge is 2.21. The molecule has 102 valence electrons. The fourth-order valence-electron chi connectivity index (χ4n) is 2.20. The van der Waals surface area contributed by atoms with Gasteiger partial charge in [-0.3, -0.25) is 9.59 Å². The number of piperidine rings is 1. The molecule has 5 nitrogen and oxygen atoms in total. The molecule has 1 heterocycles. The first-order valence-corrected chi connectivity index (χ1v) is 7.03. The van der Waals surface area contributed by atoms with Gasteiger partial charge in [-0.2, -0.15) is 0 Å². The molecule has 2 rings (SSSR count). The van der Waals surface area contributed by atoms with E-state index in [1.54, 1.807) is 0 Å². The van der Waals surface area contributed by atoms with Gasteiger partial charge in [-0.25, -0.2) is 0 Å². The SMILES string of the molecule is O=C(CNC1CC1)NCCC(=O)N1CCCCC1. The molecule has 2 amide bonds. The minimum Gasteiger partial charge on any atom is -0.354 e. The highest BCUT2D eigenvalue weighted by molar-refractivity contribution is 5.80. The molecule has 2 fully saturated rings. The van der Waals surface area contributed by atoms with Gasteiger partial charge < -0.3 is 15.5 Å². The molecule has 1 saturated heterocycles. The molecule has 1 aliphatic heterocycles. The van der Waals surface area contributed by atoms with Gasteiger partial charge in [0, 0.05) is 32.1 Å². The number of hydrogen-bond acceptors (Lipinski definition) is 3. The maximum absolute atomic E-state index is 11.8. The summed E-state index contributed by atoms with van der Waals surface area (Å²) in [5.41, 5.74) is 0. The molecule has 0 spiro atoms. The highest BCUT2D eigenvalue weighted by Crippen LogP contribution is 2.17. The minimum atomic E-state index is -0.00616. The number of likely N-dealkylation sites (tertiary alicyclic amines) is 1. The quantitative estimate of drug-likeness (QED) is 0.713. The number of carbonyl (C=O) groups is 2. The Labute approximate surface area is 108 Å². The van der Waals surface area contributed by atoms with Crippen molar-refractivity contribution >= 4 is 11.8 Å². The average Bonchev–Trinajstić information content (AvgIpc) is 3.21. The Morgan fingerprint density at radius 2 is 1.83 bits per heavy atom. The van der Waals surface area contributed by atoms with Crippen LogP contribution in [0.15, 0.2) is 0 Å². The predicted molar refractivity (Wildman–Crippen MR) is 69.1 cm³/mol. The van der Waals surface area contributed by atoms with Gasteiger partial charge in [-0.05, 0) is 32.1 Å². The summed E-state index contributed by atoms with van der Waals surface area (Å²) in [5.74, 6) is 0.165. The molecule has 0 unspecified atom stereocenters. The van der Waals surface area contributed by atoms with E-state index in [-0.39, 0.29) is 11.8 Å². The van der Waals surface area contributed by atoms with Crippen LogP contribution in [0.3, 0.4) is 0 Å². The fraction of sp³-hybridized carbons (Fsp3) is 0.846. The standard InChI is InChI=1S/C13H23N3O2/c17-12(10-15-11-4-5-11)14-7-6-13(18)16-8-2-1-3-9-16/h11,15H,1-10H2,(H,14,17). The zero-order valence-corrected chi connectivity index (χ0v) is 10.9. The van der Waals surface area contributed by atoms with E-state index in [1.807, 2.05) is 4.90 Å². The van der Waals surface area contributed by atoms with E-state index in [1.165, 1.54) is 19.3 Å². The lowest BCUT2D eigenvalue weighted by atomic mass is 10.1. The fourth-order valence-corrected chi connectivity index (χ4v) is 2.20. The Morgan fingerprint density at radius 3 is 2.50 bits per heavy atom. The largest absolute Gasteiger partial charge is 0.354 e. The minimum absolute atomic E-state index is 0.00616. The van der Waals surface area contributed by atoms with Gasteiger partial charge >= 0.3 is 0 Å². The van der Waals surface area contributed by atoms with Crippen molar-refractivity contribution < 1.29 is 9.59 Å². The van der Waals surface area contributed by atoms with Gasteiger partial charge in [-0.1, -0.05) is 0 Å². The predicted octanol–water partition coefficient (Wildman–Crippen LogP) is 0.257. The third-order valence-electron chi connectivity index (χ3n) is 3.50. The summed E-state index contributed by atoms with van der Waals surface area (Å²) in [5, 5.41) is 5.94. The van der Waals surface area contributed by atoms with E-state index >= 15 is 0 Å². The zero-order chi connectivity index (χ0) is 12.8. The Kier molecular flexibility index (Phi) is 4.99. The Balaban J connectivity index is 1.53. The molecular weight excluding hydrogens is 230 g/mol. The highest BCUT2D eigenvalue weighted by atomic mass is 16.2. The summed E-state index contributed by atoms with van der Waals surface area (Å²) in [6, 6.07) is 0.547. The molecule has 1 aliphatic carbocycles. The summed E-state index contributed by atoms with van der Waals surface area (Å²) in [4.78, 5) is 25.2. The second-order valence-corrected chi connectivity index (χ2v) is 5.20. The monoisotopic (exact) mass is 253 g/mol. The number of rotatable bonds is 6. The van der Waals surface area contributed by atoms with Gasteiger partial charge in [0.25, 0.3) is 0 Å². The summed E-state index contributed by atoms with van der Waals surface area (Å²) < 4.78 is 0. The number of amides is 2. The molecule has 2 aliphatic rings. The van der Waals surface area contributed by atoms with Crippen LogP contribution in [0.25, 0.3) is 0 Å². The molecule has 0 aromatic carbocycles. The number of carbonyl (C=O) groups excluding carboxylic acids is 2. The van der Waals surface area contributed by atoms with Crippen LogP contribution in [0.2, 0.25) is 0 Å². The first-order valence-electron chi connectivity index (χ1n) is 7.03. The maximum atomic E-state index is 11.8. The molecule has 5 heteroatoms. The van der Waals surface area contributed by atoms with Crippen LogP contribution in [0.5, 0.6) is 0 Å². The average molecular weight is 253 g/mol. The second-order valence-electron chi connectivity index (χ2n) is 5.20. The molecule has 0 atom stereocenters. The molecular formula is C13H23N3O2. The van der Waals surface area contributed by atoms with Crippen molar-refractivity contribution in [2.24, 2.45) is 0 Å². The zero-order valence-electron chi connectivity index (χ0n) is 10.9. The van der Waals surface area contributed by atoms with Crippen molar-refractivity contribution in [3.63, 3.8) is 0 Å². The van der Waals surface area contributed by atoms with Crippen molar-refractivity contribution in [2.75, 3.05) is 26.2 Å². The van der Waals surface area contributed by atoms with E-state index in [0.717, 1.165) is 25.9 Å². The lowest BCUT2D eigenvalue weighted by Gasteiger charge is -2.26. The molecule has 2 N–H and O–H groups in total. The summed E-state index contributed by atoms with van der Waals surface area (Å²) >= 11 is 0. The molecule has 0 aromatic heterocycles. The number of nitrogens with one attached hydrogen (secondary N) is 2. The van der Waals surface area contributed by atoms with Crippen LogP contribution in [0.4, 0.5) is 0 Å². The summed E-state index contributed by atoms with van der Waals surface area (Å²) in [6.45, 7) is 2.61. The van der Waals surface area contributed by atoms with Crippen LogP contribution >= 0.6 is 0 Å². The molecule has 1 saturated carbocycles. The summed E-state index contributed by atoms with van der Waals surface area (Å²) in [6.07, 6.45) is 6.25. The number of hydrogen-bond donors (Lipinski definition) is 2. The molecule has 0 bridgehead atoms. The van der Waals surface area contributed by atoms with Crippen molar-refractivity contribution in [1.29, 1.82) is 0 Å². The van der Waals surface area contributed by atoms with Gasteiger partial charge in [0.05, 0.1) is 6.54 Å². The Hall–Kier alpha value is -1.10. The van der Waals surface area contributed by atoms with Crippen LogP contribution in [0.1, 0.15) is 38.5 Å². The van der Waals surface area contributed by atoms with Crippen molar-refractivity contribution in [2.45, 2.75) is 44.6 Å². The summed E-state index contributed by atoms with van der Waals surface area (Å²) in [7, 11) is 0. The number of nitrogens with zero attached hydrogens (tertiary/aromatic N) is 1. The van der Waals surface area contributed by atoms with E-state index in [0.29, 0.717) is 25.6 Å². The Morgan fingerprint density at radius 1 is 1.11 bits per heavy atom. The lowest BCUT2D eigenvalue weighted by molar-refractivity contribution is -0.132. The van der Waals surface area contributed by atoms with Gasteiger partial charge in [0.1, 0.15) is 0 Å². The first-order chi connectivity index (χ1) is 8.75. The van der Waals surface area contributed by atoms with E-state index in [4.69, 9.17) is 0 Å². The van der Waals surface area contributed by atoms with Crippen LogP contribution in [0, 0.1) is 0 Å². The van der Waals surface area contributed by atoms with E-state index in [2.05, 4.69) is 10.6 Å². The molecule has 0 radical (unpaired) electrons. The third kappa shape index (κ3) is 4.64. The van der Waals surface area contributed by atoms with Crippen LogP contribution < -0.4 is 10.6 Å². The van der Waals surface area contributed by atoms with Gasteiger partial charge in [0.15, 0.2) is 0 Å². The van der Waals surface area contributed by atoms with Crippen LogP contribution in [-0.4, -0.2) is 48.9 Å². The van der Waals surface area contributed by atoms with E-state index in [9.17, 15) is 9.59 Å². The third-order valence-corrected chi connectivity index (χ3v) is 3.50. The molecule has 0 aromatic rings. The van der Waals surface area contributed by atoms with Gasteiger partial charge in [0.2, 0.25) is 11.8 Å². The topological polar surface area (TPSA) is 61.4 Å². The Bertz CT molecular complexity index is 297. The lowest BCUT2D eigenvalue weighted by Crippen LogP contribution is -2.39. The van der Waals surface area contributed by atoms with Crippen molar-refractivity contribution in [3.05, 3.63) is 0 Å². The van der Waals surface area contributed by atoms with E-state index < -0.39 is 0 Å². The smallest absolute Gasteiger partial charge is 0.233 e. The molecule has 18 heavy (non-hydrogen) atoms.